The van der Waals surface area contributed by atoms with E-state index in [9.17, 15) is 0 Å². The summed E-state index contributed by atoms with van der Waals surface area (Å²) >= 11 is 0. The molecule has 2 heterocycles. The molecule has 0 unspecified atom stereocenters. The minimum absolute atomic E-state index is 0.831. The van der Waals surface area contributed by atoms with E-state index in [1.54, 1.807) is 0 Å². The van der Waals surface area contributed by atoms with Gasteiger partial charge in [-0.15, -0.1) is 5.10 Å². The predicted molar refractivity (Wildman–Crippen MR) is 70.0 cm³/mol. The van der Waals surface area contributed by atoms with Crippen molar-refractivity contribution in [1.82, 2.24) is 30.4 Å². The maximum Gasteiger partial charge on any atom is 0.165 e. The minimum atomic E-state index is 0.831. The van der Waals surface area contributed by atoms with E-state index in [0.29, 0.717) is 0 Å². The number of piperidine rings is 1. The number of aryl methyl sites for hydroxylation is 1. The molecule has 1 fully saturated rings. The van der Waals surface area contributed by atoms with Gasteiger partial charge in [-0.1, -0.05) is 6.92 Å². The zero-order valence-corrected chi connectivity index (χ0v) is 11.5. The standard InChI is InChI=1S/C12H24N6/c1-3-6-18-12(14-15-16-18)10-17-7-4-11(5-8-17)9-13-2/h11,13H,3-10H2,1-2H3. The van der Waals surface area contributed by atoms with Gasteiger partial charge >= 0.3 is 0 Å². The molecule has 0 bridgehead atoms. The lowest BCUT2D eigenvalue weighted by Gasteiger charge is -2.31. The van der Waals surface area contributed by atoms with E-state index < -0.39 is 0 Å². The number of hydrogen-bond donors (Lipinski definition) is 1. The maximum atomic E-state index is 4.13. The Bertz CT molecular complexity index is 342. The molecular weight excluding hydrogens is 228 g/mol. The second kappa shape index (κ2) is 6.80. The van der Waals surface area contributed by atoms with Crippen molar-refractivity contribution in [2.24, 2.45) is 5.92 Å². The fraction of sp³-hybridized carbons (Fsp3) is 0.917. The van der Waals surface area contributed by atoms with Gasteiger partial charge < -0.3 is 5.32 Å². The van der Waals surface area contributed by atoms with Gasteiger partial charge in [0.1, 0.15) is 0 Å². The normalized spacial score (nSPS) is 18.3. The third-order valence-corrected chi connectivity index (χ3v) is 3.61. The molecular formula is C12H24N6. The maximum absolute atomic E-state index is 4.13. The van der Waals surface area contributed by atoms with E-state index in [2.05, 4.69) is 32.7 Å². The molecule has 1 aromatic heterocycles. The highest BCUT2D eigenvalue weighted by atomic mass is 15.5. The number of hydrogen-bond acceptors (Lipinski definition) is 5. The van der Waals surface area contributed by atoms with E-state index in [1.165, 1.54) is 12.8 Å². The Morgan fingerprint density at radius 2 is 2.11 bits per heavy atom. The van der Waals surface area contributed by atoms with Crippen molar-refractivity contribution in [3.8, 4) is 0 Å². The SMILES string of the molecule is CCCn1nnnc1CN1CCC(CNC)CC1. The molecule has 1 N–H and O–H groups in total. The molecule has 0 aromatic carbocycles. The topological polar surface area (TPSA) is 58.9 Å². The van der Waals surface area contributed by atoms with E-state index in [1.807, 2.05) is 11.7 Å². The van der Waals surface area contributed by atoms with Crippen molar-refractivity contribution in [3.05, 3.63) is 5.82 Å². The Labute approximate surface area is 109 Å². The second-order valence-electron chi connectivity index (χ2n) is 5.10. The number of tetrazole rings is 1. The quantitative estimate of drug-likeness (QED) is 0.799. The molecule has 1 aliphatic heterocycles. The summed E-state index contributed by atoms with van der Waals surface area (Å²) in [6.07, 6.45) is 3.62. The highest BCUT2D eigenvalue weighted by Gasteiger charge is 2.20. The molecule has 1 aromatic rings. The van der Waals surface area contributed by atoms with Crippen LogP contribution in [0.25, 0.3) is 0 Å². The summed E-state index contributed by atoms with van der Waals surface area (Å²) in [5, 5.41) is 15.2. The Morgan fingerprint density at radius 3 is 2.78 bits per heavy atom. The first-order chi connectivity index (χ1) is 8.83. The van der Waals surface area contributed by atoms with Crippen LogP contribution in [0.3, 0.4) is 0 Å². The summed E-state index contributed by atoms with van der Waals surface area (Å²) in [6.45, 7) is 7.41. The van der Waals surface area contributed by atoms with Crippen LogP contribution in [0.4, 0.5) is 0 Å². The van der Waals surface area contributed by atoms with E-state index in [0.717, 1.165) is 50.9 Å². The average molecular weight is 252 g/mol. The lowest BCUT2D eigenvalue weighted by atomic mass is 9.97. The van der Waals surface area contributed by atoms with E-state index in [-0.39, 0.29) is 0 Å². The van der Waals surface area contributed by atoms with Crippen molar-refractivity contribution in [2.45, 2.75) is 39.3 Å². The average Bonchev–Trinajstić information content (AvgIpc) is 2.80. The number of nitrogens with one attached hydrogen (secondary N) is 1. The lowest BCUT2D eigenvalue weighted by molar-refractivity contribution is 0.170. The van der Waals surface area contributed by atoms with Crippen molar-refractivity contribution in [3.63, 3.8) is 0 Å². The molecule has 0 spiro atoms. The molecule has 6 heteroatoms. The summed E-state index contributed by atoms with van der Waals surface area (Å²) in [4.78, 5) is 2.46. The Hall–Kier alpha value is -1.01. The van der Waals surface area contributed by atoms with Gasteiger partial charge in [-0.05, 0) is 62.3 Å². The summed E-state index contributed by atoms with van der Waals surface area (Å²) in [6, 6.07) is 0. The fourth-order valence-corrected chi connectivity index (χ4v) is 2.56. The van der Waals surface area contributed by atoms with Crippen molar-refractivity contribution in [1.29, 1.82) is 0 Å². The van der Waals surface area contributed by atoms with Crippen LogP contribution in [0.15, 0.2) is 0 Å². The number of rotatable bonds is 6. The van der Waals surface area contributed by atoms with Gasteiger partial charge in [-0.25, -0.2) is 4.68 Å². The third-order valence-electron chi connectivity index (χ3n) is 3.61. The molecule has 0 saturated carbocycles. The first-order valence-corrected chi connectivity index (χ1v) is 6.95. The Morgan fingerprint density at radius 1 is 1.33 bits per heavy atom. The highest BCUT2D eigenvalue weighted by molar-refractivity contribution is 4.83. The van der Waals surface area contributed by atoms with Crippen LogP contribution in [0, 0.1) is 5.92 Å². The van der Waals surface area contributed by atoms with Crippen LogP contribution in [0.2, 0.25) is 0 Å². The minimum Gasteiger partial charge on any atom is -0.319 e. The monoisotopic (exact) mass is 252 g/mol. The van der Waals surface area contributed by atoms with Gasteiger partial charge in [0.25, 0.3) is 0 Å². The van der Waals surface area contributed by atoms with Crippen LogP contribution in [-0.2, 0) is 13.1 Å². The van der Waals surface area contributed by atoms with Gasteiger partial charge in [0.15, 0.2) is 5.82 Å². The molecule has 6 nitrogen and oxygen atoms in total. The van der Waals surface area contributed by atoms with Gasteiger partial charge in [-0.3, -0.25) is 4.90 Å². The molecule has 1 aliphatic rings. The number of nitrogens with zero attached hydrogens (tertiary/aromatic N) is 5. The smallest absolute Gasteiger partial charge is 0.165 e. The summed E-state index contributed by atoms with van der Waals surface area (Å²) in [5.74, 6) is 1.84. The number of aromatic nitrogens is 4. The van der Waals surface area contributed by atoms with Gasteiger partial charge in [-0.2, -0.15) is 0 Å². The van der Waals surface area contributed by atoms with Crippen molar-refractivity contribution < 1.29 is 0 Å². The lowest BCUT2D eigenvalue weighted by Crippen LogP contribution is -2.36. The fourth-order valence-electron chi connectivity index (χ4n) is 2.56. The molecule has 0 atom stereocenters. The molecule has 0 radical (unpaired) electrons. The van der Waals surface area contributed by atoms with Crippen LogP contribution < -0.4 is 5.32 Å². The first-order valence-electron chi connectivity index (χ1n) is 6.95. The predicted octanol–water partition coefficient (Wildman–Crippen LogP) is 0.515. The molecule has 0 aliphatic carbocycles. The molecule has 18 heavy (non-hydrogen) atoms. The van der Waals surface area contributed by atoms with Crippen molar-refractivity contribution >= 4 is 0 Å². The Kier molecular flexibility index (Phi) is 5.07. The number of likely N-dealkylation sites (tertiary alicyclic amines) is 1. The van der Waals surface area contributed by atoms with Crippen LogP contribution in [-0.4, -0.2) is 51.8 Å². The summed E-state index contributed by atoms with van der Waals surface area (Å²) in [5.41, 5.74) is 0. The molecule has 102 valence electrons. The van der Waals surface area contributed by atoms with Crippen LogP contribution in [0.1, 0.15) is 32.0 Å². The van der Waals surface area contributed by atoms with Crippen LogP contribution >= 0.6 is 0 Å². The largest absolute Gasteiger partial charge is 0.319 e. The zero-order chi connectivity index (χ0) is 12.8. The van der Waals surface area contributed by atoms with Crippen LogP contribution in [0.5, 0.6) is 0 Å². The molecule has 1 saturated heterocycles. The second-order valence-corrected chi connectivity index (χ2v) is 5.10. The van der Waals surface area contributed by atoms with Gasteiger partial charge in [0, 0.05) is 6.54 Å². The molecule has 2 rings (SSSR count). The molecule has 0 amide bonds. The zero-order valence-electron chi connectivity index (χ0n) is 11.5. The van der Waals surface area contributed by atoms with E-state index >= 15 is 0 Å². The van der Waals surface area contributed by atoms with Gasteiger partial charge in [0.2, 0.25) is 0 Å². The van der Waals surface area contributed by atoms with Gasteiger partial charge in [0.05, 0.1) is 6.54 Å². The van der Waals surface area contributed by atoms with Crippen molar-refractivity contribution in [2.75, 3.05) is 26.7 Å². The summed E-state index contributed by atoms with van der Waals surface area (Å²) < 4.78 is 1.93. The van der Waals surface area contributed by atoms with E-state index in [4.69, 9.17) is 0 Å². The first kappa shape index (κ1) is 13.4. The summed E-state index contributed by atoms with van der Waals surface area (Å²) in [7, 11) is 2.03. The highest BCUT2D eigenvalue weighted by Crippen LogP contribution is 2.17. The third kappa shape index (κ3) is 3.49. The Balaban J connectivity index is 1.82.